The van der Waals surface area contributed by atoms with Crippen LogP contribution in [0.5, 0.6) is 0 Å². The Morgan fingerprint density at radius 3 is 3.00 bits per heavy atom. The van der Waals surface area contributed by atoms with Crippen molar-refractivity contribution < 1.29 is 9.18 Å². The minimum atomic E-state index is -0.356. The Morgan fingerprint density at radius 1 is 1.40 bits per heavy atom. The van der Waals surface area contributed by atoms with Gasteiger partial charge in [0.1, 0.15) is 10.8 Å². The maximum absolute atomic E-state index is 13.4. The fourth-order valence-electron chi connectivity index (χ4n) is 2.20. The average Bonchev–Trinajstić information content (AvgIpc) is 2.90. The second kappa shape index (κ2) is 5.14. The largest absolute Gasteiger partial charge is 0.305 e. The Morgan fingerprint density at radius 2 is 2.25 bits per heavy atom. The quantitative estimate of drug-likeness (QED) is 0.661. The van der Waals surface area contributed by atoms with Crippen LogP contribution in [-0.4, -0.2) is 16.1 Å². The second-order valence-electron chi connectivity index (χ2n) is 4.40. The zero-order chi connectivity index (χ0) is 14.1. The molecule has 1 aliphatic heterocycles. The minimum absolute atomic E-state index is 0.0412. The van der Waals surface area contributed by atoms with Crippen molar-refractivity contribution in [1.29, 1.82) is 0 Å². The van der Waals surface area contributed by atoms with E-state index in [4.69, 9.17) is 5.84 Å². The van der Waals surface area contributed by atoms with Crippen molar-refractivity contribution in [3.05, 3.63) is 34.6 Å². The van der Waals surface area contributed by atoms with Gasteiger partial charge in [-0.15, -0.1) is 10.2 Å². The zero-order valence-corrected chi connectivity index (χ0v) is 11.3. The van der Waals surface area contributed by atoms with E-state index in [2.05, 4.69) is 15.6 Å². The monoisotopic (exact) mass is 293 g/mol. The summed E-state index contributed by atoms with van der Waals surface area (Å²) in [6, 6.07) is 4.51. The van der Waals surface area contributed by atoms with Crippen LogP contribution in [0, 0.1) is 5.82 Å². The van der Waals surface area contributed by atoms with E-state index < -0.39 is 0 Å². The lowest BCUT2D eigenvalue weighted by Gasteiger charge is -2.28. The number of hydrazine groups is 1. The SMILES string of the molecule is NNc1nnc(CN2C(=O)CCc3ccc(F)cc32)s1. The van der Waals surface area contributed by atoms with Gasteiger partial charge in [-0.25, -0.2) is 10.2 Å². The van der Waals surface area contributed by atoms with Gasteiger partial charge in [0.25, 0.3) is 0 Å². The molecule has 1 aromatic heterocycles. The number of halogens is 1. The van der Waals surface area contributed by atoms with E-state index in [1.165, 1.54) is 23.5 Å². The summed E-state index contributed by atoms with van der Waals surface area (Å²) in [5.74, 6) is 4.85. The summed E-state index contributed by atoms with van der Waals surface area (Å²) in [7, 11) is 0. The molecule has 3 N–H and O–H groups in total. The van der Waals surface area contributed by atoms with Crippen LogP contribution in [0.3, 0.4) is 0 Å². The summed E-state index contributed by atoms with van der Waals surface area (Å²) in [6.07, 6.45) is 1.05. The number of hydrogen-bond donors (Lipinski definition) is 2. The second-order valence-corrected chi connectivity index (χ2v) is 5.46. The zero-order valence-electron chi connectivity index (χ0n) is 10.5. The normalized spacial score (nSPS) is 14.3. The third-order valence-electron chi connectivity index (χ3n) is 3.13. The van der Waals surface area contributed by atoms with Crippen molar-refractivity contribution >= 4 is 28.1 Å². The number of rotatable bonds is 3. The van der Waals surface area contributed by atoms with E-state index in [-0.39, 0.29) is 18.3 Å². The molecule has 2 heterocycles. The third kappa shape index (κ3) is 2.35. The fraction of sp³-hybridized carbons (Fsp3) is 0.250. The van der Waals surface area contributed by atoms with Gasteiger partial charge in [0.2, 0.25) is 11.0 Å². The highest BCUT2D eigenvalue weighted by atomic mass is 32.1. The molecule has 8 heteroatoms. The van der Waals surface area contributed by atoms with E-state index in [1.54, 1.807) is 11.0 Å². The number of hydrogen-bond acceptors (Lipinski definition) is 6. The molecule has 1 aliphatic rings. The first-order valence-corrected chi connectivity index (χ1v) is 6.87. The first kappa shape index (κ1) is 12.9. The van der Waals surface area contributed by atoms with Crippen LogP contribution in [0.2, 0.25) is 0 Å². The van der Waals surface area contributed by atoms with Crippen molar-refractivity contribution in [1.82, 2.24) is 10.2 Å². The molecule has 0 radical (unpaired) electrons. The van der Waals surface area contributed by atoms with E-state index in [9.17, 15) is 9.18 Å². The number of nitrogens with two attached hydrogens (primary N) is 1. The summed E-state index contributed by atoms with van der Waals surface area (Å²) >= 11 is 1.26. The average molecular weight is 293 g/mol. The van der Waals surface area contributed by atoms with Crippen LogP contribution in [0.15, 0.2) is 18.2 Å². The molecule has 0 aliphatic carbocycles. The number of nitrogens with zero attached hydrogens (tertiary/aromatic N) is 3. The van der Waals surface area contributed by atoms with Gasteiger partial charge in [-0.2, -0.15) is 0 Å². The third-order valence-corrected chi connectivity index (χ3v) is 3.97. The Hall–Kier alpha value is -2.06. The number of benzene rings is 1. The number of amides is 1. The number of carbonyl (C=O) groups is 1. The topological polar surface area (TPSA) is 84.1 Å². The maximum Gasteiger partial charge on any atom is 0.227 e. The van der Waals surface area contributed by atoms with Gasteiger partial charge in [0.05, 0.1) is 12.2 Å². The molecule has 1 amide bonds. The lowest BCUT2D eigenvalue weighted by molar-refractivity contribution is -0.119. The smallest absolute Gasteiger partial charge is 0.227 e. The van der Waals surface area contributed by atoms with Gasteiger partial charge in [-0.1, -0.05) is 17.4 Å². The van der Waals surface area contributed by atoms with Gasteiger partial charge in [0.15, 0.2) is 0 Å². The molecule has 20 heavy (non-hydrogen) atoms. The van der Waals surface area contributed by atoms with Crippen molar-refractivity contribution in [3.63, 3.8) is 0 Å². The number of nitrogens with one attached hydrogen (secondary N) is 1. The van der Waals surface area contributed by atoms with Gasteiger partial charge < -0.3 is 4.90 Å². The van der Waals surface area contributed by atoms with Crippen molar-refractivity contribution in [2.45, 2.75) is 19.4 Å². The van der Waals surface area contributed by atoms with Crippen LogP contribution in [0.25, 0.3) is 0 Å². The van der Waals surface area contributed by atoms with E-state index in [0.717, 1.165) is 5.56 Å². The number of aryl methyl sites for hydroxylation is 1. The van der Waals surface area contributed by atoms with Crippen molar-refractivity contribution in [3.8, 4) is 0 Å². The molecule has 1 aromatic carbocycles. The Kier molecular flexibility index (Phi) is 3.33. The van der Waals surface area contributed by atoms with Gasteiger partial charge in [-0.3, -0.25) is 10.2 Å². The molecule has 0 spiro atoms. The molecule has 0 bridgehead atoms. The molecule has 2 aromatic rings. The predicted octanol–water partition coefficient (Wildman–Crippen LogP) is 1.44. The minimum Gasteiger partial charge on any atom is -0.305 e. The Balaban J connectivity index is 1.92. The first-order chi connectivity index (χ1) is 9.67. The lowest BCUT2D eigenvalue weighted by Crippen LogP contribution is -2.34. The van der Waals surface area contributed by atoms with Crippen LogP contribution in [0.4, 0.5) is 15.2 Å². The van der Waals surface area contributed by atoms with Gasteiger partial charge >= 0.3 is 0 Å². The van der Waals surface area contributed by atoms with Crippen LogP contribution in [0.1, 0.15) is 17.0 Å². The Labute approximate surface area is 118 Å². The van der Waals surface area contributed by atoms with Gasteiger partial charge in [0, 0.05) is 6.42 Å². The van der Waals surface area contributed by atoms with E-state index in [1.807, 2.05) is 0 Å². The molecular weight excluding hydrogens is 281 g/mol. The molecule has 104 valence electrons. The number of aromatic nitrogens is 2. The van der Waals surface area contributed by atoms with E-state index in [0.29, 0.717) is 28.7 Å². The molecule has 0 saturated carbocycles. The van der Waals surface area contributed by atoms with Crippen LogP contribution < -0.4 is 16.2 Å². The van der Waals surface area contributed by atoms with Gasteiger partial charge in [-0.05, 0) is 24.1 Å². The summed E-state index contributed by atoms with van der Waals surface area (Å²) in [6.45, 7) is 0.272. The molecular formula is C12H12FN5OS. The predicted molar refractivity (Wildman–Crippen MR) is 73.6 cm³/mol. The molecule has 6 nitrogen and oxygen atoms in total. The van der Waals surface area contributed by atoms with Crippen LogP contribution in [-0.2, 0) is 17.8 Å². The number of fused-ring (bicyclic) bond motifs is 1. The highest BCUT2D eigenvalue weighted by Gasteiger charge is 2.25. The highest BCUT2D eigenvalue weighted by Crippen LogP contribution is 2.30. The molecule has 0 unspecified atom stereocenters. The maximum atomic E-state index is 13.4. The number of anilines is 2. The molecule has 0 atom stereocenters. The number of carbonyl (C=O) groups excluding carboxylic acids is 1. The van der Waals surface area contributed by atoms with Crippen molar-refractivity contribution in [2.24, 2.45) is 5.84 Å². The molecule has 0 fully saturated rings. The molecule has 3 rings (SSSR count). The summed E-state index contributed by atoms with van der Waals surface area (Å²) in [5.41, 5.74) is 3.98. The summed E-state index contributed by atoms with van der Waals surface area (Å²) in [4.78, 5) is 13.6. The van der Waals surface area contributed by atoms with E-state index >= 15 is 0 Å². The summed E-state index contributed by atoms with van der Waals surface area (Å²) < 4.78 is 13.4. The summed E-state index contributed by atoms with van der Waals surface area (Å²) in [5, 5.41) is 8.89. The van der Waals surface area contributed by atoms with Crippen molar-refractivity contribution in [2.75, 3.05) is 10.3 Å². The molecule has 0 saturated heterocycles. The standard InChI is InChI=1S/C12H12FN5OS/c13-8-3-1-7-2-4-11(19)18(9(7)5-8)6-10-16-17-12(15-14)20-10/h1,3,5H,2,4,6,14H2,(H,15,17). The Bertz CT molecular complexity index is 659. The highest BCUT2D eigenvalue weighted by molar-refractivity contribution is 7.15. The number of nitrogen functional groups attached to an aromatic ring is 1. The van der Waals surface area contributed by atoms with Crippen LogP contribution >= 0.6 is 11.3 Å². The first-order valence-electron chi connectivity index (χ1n) is 6.05. The fourth-order valence-corrected chi connectivity index (χ4v) is 2.83. The lowest BCUT2D eigenvalue weighted by atomic mass is 10.0.